The monoisotopic (exact) mass is 564 g/mol. The third kappa shape index (κ3) is 8.16. The summed E-state index contributed by atoms with van der Waals surface area (Å²) in [4.78, 5) is 36.1. The van der Waals surface area contributed by atoms with E-state index in [1.807, 2.05) is 0 Å². The molecule has 0 radical (unpaired) electrons. The van der Waals surface area contributed by atoms with Crippen molar-refractivity contribution in [2.45, 2.75) is 45.0 Å². The molecule has 0 aliphatic carbocycles. The summed E-state index contributed by atoms with van der Waals surface area (Å²) in [5.41, 5.74) is 5.02. The number of amides is 1. The summed E-state index contributed by atoms with van der Waals surface area (Å²) in [5.74, 6) is -3.15. The van der Waals surface area contributed by atoms with E-state index in [9.17, 15) is 27.6 Å². The minimum atomic E-state index is -4.91. The second-order valence-corrected chi connectivity index (χ2v) is 8.44. The smallest absolute Gasteiger partial charge is 0.430 e. The lowest BCUT2D eigenvalue weighted by atomic mass is 9.99. The van der Waals surface area contributed by atoms with Crippen LogP contribution in [0.25, 0.3) is 6.08 Å². The summed E-state index contributed by atoms with van der Waals surface area (Å²) in [6, 6.07) is 1.96. The third-order valence-electron chi connectivity index (χ3n) is 4.67. The number of fused-ring (bicyclic) bond motifs is 1. The lowest BCUT2D eigenvalue weighted by Crippen LogP contribution is -2.42. The van der Waals surface area contributed by atoms with Crippen LogP contribution in [0.2, 0.25) is 0 Å². The summed E-state index contributed by atoms with van der Waals surface area (Å²) in [6.45, 7) is 2.01. The molecule has 1 unspecified atom stereocenters. The fourth-order valence-corrected chi connectivity index (χ4v) is 3.80. The van der Waals surface area contributed by atoms with E-state index in [0.29, 0.717) is 16.5 Å². The lowest BCUT2D eigenvalue weighted by Gasteiger charge is -2.29. The van der Waals surface area contributed by atoms with E-state index < -0.39 is 48.5 Å². The van der Waals surface area contributed by atoms with Gasteiger partial charge in [-0.1, -0.05) is 15.9 Å². The summed E-state index contributed by atoms with van der Waals surface area (Å²) < 4.78 is 56.0. The van der Waals surface area contributed by atoms with Crippen molar-refractivity contribution >= 4 is 45.8 Å². The summed E-state index contributed by atoms with van der Waals surface area (Å²) >= 11 is 3.24. The van der Waals surface area contributed by atoms with Crippen LogP contribution >= 0.6 is 15.9 Å². The van der Waals surface area contributed by atoms with Crippen LogP contribution in [0.1, 0.15) is 30.9 Å². The first-order valence-electron chi connectivity index (χ1n) is 10.2. The van der Waals surface area contributed by atoms with Crippen LogP contribution in [0.3, 0.4) is 0 Å². The minimum Gasteiger partial charge on any atom is -0.475 e. The van der Waals surface area contributed by atoms with E-state index in [-0.39, 0.29) is 30.2 Å². The Balaban J connectivity index is 2.06. The van der Waals surface area contributed by atoms with Gasteiger partial charge in [0.2, 0.25) is 18.8 Å². The highest BCUT2D eigenvalue weighted by Crippen LogP contribution is 2.40. The van der Waals surface area contributed by atoms with Gasteiger partial charge in [0.25, 0.3) is 0 Å². The van der Waals surface area contributed by atoms with Crippen LogP contribution in [-0.2, 0) is 23.9 Å². The van der Waals surface area contributed by atoms with E-state index in [1.165, 1.54) is 13.0 Å². The first-order valence-corrected chi connectivity index (χ1v) is 11.0. The van der Waals surface area contributed by atoms with Gasteiger partial charge in [-0.25, -0.2) is 9.59 Å². The summed E-state index contributed by atoms with van der Waals surface area (Å²) in [7, 11) is 0. The summed E-state index contributed by atoms with van der Waals surface area (Å²) in [5, 5.41) is 12.0. The fourth-order valence-electron chi connectivity index (χ4n) is 3.21. The molecule has 10 nitrogen and oxygen atoms in total. The van der Waals surface area contributed by atoms with Gasteiger partial charge in [0, 0.05) is 23.5 Å². The molecule has 0 bridgehead atoms. The van der Waals surface area contributed by atoms with Crippen molar-refractivity contribution in [3.8, 4) is 5.75 Å². The van der Waals surface area contributed by atoms with E-state index >= 15 is 0 Å². The fraction of sp³-hybridized carbons (Fsp3) is 0.429. The number of halogens is 4. The van der Waals surface area contributed by atoms with Crippen molar-refractivity contribution in [2.24, 2.45) is 5.73 Å². The number of rotatable bonds is 9. The number of aryl methyl sites for hydroxylation is 1. The number of alkyl halides is 3. The molecule has 0 spiro atoms. The van der Waals surface area contributed by atoms with Crippen LogP contribution in [0.5, 0.6) is 5.75 Å². The molecule has 35 heavy (non-hydrogen) atoms. The second-order valence-electron chi connectivity index (χ2n) is 7.53. The molecule has 5 N–H and O–H groups in total. The minimum absolute atomic E-state index is 0.0177. The SMILES string of the molecule is CC(=O)N[C@@H](CCCNC(=N)N)C(=O)OCOC(=O)C1=Cc2cc(Br)cc(C)c2OC1C(F)(F)F. The third-order valence-corrected chi connectivity index (χ3v) is 5.13. The van der Waals surface area contributed by atoms with Gasteiger partial charge in [0.05, 0.1) is 5.57 Å². The highest BCUT2D eigenvalue weighted by atomic mass is 79.9. The number of ether oxygens (including phenoxy) is 3. The predicted octanol–water partition coefficient (Wildman–Crippen LogP) is 2.28. The van der Waals surface area contributed by atoms with Crippen LogP contribution in [0.15, 0.2) is 22.2 Å². The van der Waals surface area contributed by atoms with Gasteiger partial charge in [0.1, 0.15) is 11.8 Å². The first kappa shape index (κ1) is 28.0. The van der Waals surface area contributed by atoms with Gasteiger partial charge in [-0.2, -0.15) is 13.2 Å². The normalized spacial score (nSPS) is 15.6. The topological polar surface area (TPSA) is 153 Å². The Morgan fingerprint density at radius 1 is 1.29 bits per heavy atom. The second kappa shape index (κ2) is 11.9. The number of nitrogens with two attached hydrogens (primary N) is 1. The zero-order valence-corrected chi connectivity index (χ0v) is 20.3. The van der Waals surface area contributed by atoms with Crippen molar-refractivity contribution in [3.05, 3.63) is 33.3 Å². The lowest BCUT2D eigenvalue weighted by molar-refractivity contribution is -0.190. The van der Waals surface area contributed by atoms with E-state index in [2.05, 4.69) is 26.6 Å². The number of hydrogen-bond donors (Lipinski definition) is 4. The molecular formula is C21H24BrF3N4O6. The number of benzene rings is 1. The molecule has 1 heterocycles. The zero-order chi connectivity index (χ0) is 26.3. The van der Waals surface area contributed by atoms with Crippen LogP contribution in [0.4, 0.5) is 13.2 Å². The van der Waals surface area contributed by atoms with Gasteiger partial charge < -0.3 is 30.6 Å². The number of hydrogen-bond acceptors (Lipinski definition) is 7. The molecule has 1 amide bonds. The Labute approximate surface area is 207 Å². The summed E-state index contributed by atoms with van der Waals surface area (Å²) in [6.07, 6.45) is -6.04. The number of esters is 2. The van der Waals surface area contributed by atoms with Crippen molar-refractivity contribution in [3.63, 3.8) is 0 Å². The van der Waals surface area contributed by atoms with Gasteiger partial charge in [-0.15, -0.1) is 0 Å². The van der Waals surface area contributed by atoms with Crippen molar-refractivity contribution in [1.29, 1.82) is 5.41 Å². The van der Waals surface area contributed by atoms with Gasteiger partial charge in [0.15, 0.2) is 5.96 Å². The maximum atomic E-state index is 13.6. The predicted molar refractivity (Wildman–Crippen MR) is 121 cm³/mol. The Kier molecular flexibility index (Phi) is 9.51. The van der Waals surface area contributed by atoms with Crippen molar-refractivity contribution in [2.75, 3.05) is 13.3 Å². The van der Waals surface area contributed by atoms with Gasteiger partial charge >= 0.3 is 18.1 Å². The molecule has 1 aromatic rings. The average Bonchev–Trinajstić information content (AvgIpc) is 2.73. The Morgan fingerprint density at radius 3 is 2.57 bits per heavy atom. The number of carbonyl (C=O) groups excluding carboxylic acids is 3. The molecule has 2 atom stereocenters. The van der Waals surface area contributed by atoms with E-state index in [0.717, 1.165) is 6.08 Å². The molecule has 14 heteroatoms. The van der Waals surface area contributed by atoms with Crippen LogP contribution in [-0.4, -0.2) is 55.5 Å². The maximum absolute atomic E-state index is 13.6. The number of guanidine groups is 1. The standard InChI is InChI=1S/C21H24BrF3N4O6/c1-10-6-13(22)7-12-8-14(17(21(23,24)25)35-16(10)12)18(31)33-9-34-19(32)15(29-11(2)30)4-3-5-28-20(26)27/h6-8,15,17H,3-5,9H2,1-2H3,(H,29,30)(H4,26,27,28)/t15-,17?/m0/s1. The molecule has 1 aliphatic rings. The highest BCUT2D eigenvalue weighted by Gasteiger charge is 2.49. The molecule has 0 saturated heterocycles. The van der Waals surface area contributed by atoms with Crippen molar-refractivity contribution in [1.82, 2.24) is 10.6 Å². The Morgan fingerprint density at radius 2 is 1.97 bits per heavy atom. The number of nitrogens with one attached hydrogen (secondary N) is 3. The zero-order valence-electron chi connectivity index (χ0n) is 18.8. The molecular weight excluding hydrogens is 541 g/mol. The maximum Gasteiger partial charge on any atom is 0.430 e. The van der Waals surface area contributed by atoms with Crippen LogP contribution < -0.4 is 21.1 Å². The highest BCUT2D eigenvalue weighted by molar-refractivity contribution is 9.10. The largest absolute Gasteiger partial charge is 0.475 e. The molecule has 2 rings (SSSR count). The van der Waals surface area contributed by atoms with Gasteiger partial charge in [-0.05, 0) is 43.5 Å². The molecule has 0 saturated carbocycles. The van der Waals surface area contributed by atoms with Crippen LogP contribution in [0, 0.1) is 12.3 Å². The molecule has 1 aromatic carbocycles. The average molecular weight is 565 g/mol. The molecule has 192 valence electrons. The molecule has 0 fully saturated rings. The Bertz CT molecular complexity index is 1030. The Hall–Kier alpha value is -3.29. The van der Waals surface area contributed by atoms with E-state index in [4.69, 9.17) is 25.4 Å². The molecule has 0 aromatic heterocycles. The van der Waals surface area contributed by atoms with E-state index in [1.54, 1.807) is 13.0 Å². The quantitative estimate of drug-likeness (QED) is 0.117. The van der Waals surface area contributed by atoms with Gasteiger partial charge in [-0.3, -0.25) is 10.2 Å². The van der Waals surface area contributed by atoms with Crippen molar-refractivity contribution < 1.29 is 41.8 Å². The first-order chi connectivity index (χ1) is 16.3. The molecule has 1 aliphatic heterocycles. The number of carbonyl (C=O) groups is 3.